The number of rotatable bonds is 1. The maximum absolute atomic E-state index is 5.74. The molecule has 0 amide bonds. The SMILES string of the molecule is Cl.NC1=C[NH+](c2ccc(Cl)cc2)[N-]O1. The Morgan fingerprint density at radius 3 is 2.43 bits per heavy atom. The number of halogens is 2. The summed E-state index contributed by atoms with van der Waals surface area (Å²) in [5.74, 6) is 0.310. The first-order chi connectivity index (χ1) is 6.25. The molecule has 1 aromatic carbocycles. The molecular formula is C8H9Cl2N3O. The number of benzene rings is 1. The number of nitrogens with two attached hydrogens (primary N) is 1. The van der Waals surface area contributed by atoms with Crippen LogP contribution in [0.2, 0.25) is 5.02 Å². The van der Waals surface area contributed by atoms with Gasteiger partial charge in [-0.15, -0.1) is 12.4 Å². The van der Waals surface area contributed by atoms with Gasteiger partial charge in [-0.3, -0.25) is 5.59 Å². The molecular weight excluding hydrogens is 225 g/mol. The van der Waals surface area contributed by atoms with Crippen molar-refractivity contribution < 1.29 is 9.85 Å². The summed E-state index contributed by atoms with van der Waals surface area (Å²) < 4.78 is 0. The third-order valence-electron chi connectivity index (χ3n) is 1.67. The number of nitrogens with one attached hydrogen (secondary N) is 1. The van der Waals surface area contributed by atoms with Crippen molar-refractivity contribution >= 4 is 29.7 Å². The fraction of sp³-hybridized carbons (Fsp3) is 0. The molecule has 1 aliphatic heterocycles. The van der Waals surface area contributed by atoms with Gasteiger partial charge in [0.05, 0.1) is 0 Å². The van der Waals surface area contributed by atoms with E-state index in [2.05, 4.69) is 5.59 Å². The topological polar surface area (TPSA) is 53.8 Å². The van der Waals surface area contributed by atoms with Gasteiger partial charge in [-0.05, 0) is 12.1 Å². The molecule has 0 fully saturated rings. The Bertz CT molecular complexity index is 339. The average Bonchev–Trinajstić information content (AvgIpc) is 2.53. The van der Waals surface area contributed by atoms with Crippen molar-refractivity contribution in [2.45, 2.75) is 0 Å². The molecule has 4 nitrogen and oxygen atoms in total. The quantitative estimate of drug-likeness (QED) is 0.768. The summed E-state index contributed by atoms with van der Waals surface area (Å²) in [6.07, 6.45) is 1.67. The second kappa shape index (κ2) is 4.52. The van der Waals surface area contributed by atoms with E-state index in [1.54, 1.807) is 18.3 Å². The van der Waals surface area contributed by atoms with Gasteiger partial charge in [0.25, 0.3) is 0 Å². The highest BCUT2D eigenvalue weighted by molar-refractivity contribution is 6.30. The van der Waals surface area contributed by atoms with Crippen LogP contribution < -0.4 is 10.7 Å². The monoisotopic (exact) mass is 233 g/mol. The van der Waals surface area contributed by atoms with E-state index in [0.717, 1.165) is 5.69 Å². The fourth-order valence-corrected chi connectivity index (χ4v) is 1.17. The van der Waals surface area contributed by atoms with Crippen LogP contribution in [0.1, 0.15) is 0 Å². The molecule has 0 radical (unpaired) electrons. The minimum absolute atomic E-state index is 0. The Hall–Kier alpha value is -0.940. The zero-order chi connectivity index (χ0) is 9.26. The van der Waals surface area contributed by atoms with Crippen molar-refractivity contribution in [1.82, 2.24) is 0 Å². The second-order valence-corrected chi connectivity index (χ2v) is 3.06. The van der Waals surface area contributed by atoms with Gasteiger partial charge >= 0.3 is 0 Å². The minimum atomic E-state index is 0. The van der Waals surface area contributed by atoms with Crippen LogP contribution in [0, 0.1) is 0 Å². The molecule has 1 aliphatic rings. The number of quaternary nitrogens is 1. The third kappa shape index (κ3) is 2.30. The lowest BCUT2D eigenvalue weighted by molar-refractivity contribution is -0.740. The Labute approximate surface area is 92.6 Å². The van der Waals surface area contributed by atoms with Gasteiger partial charge < -0.3 is 15.6 Å². The largest absolute Gasteiger partial charge is 0.522 e. The molecule has 14 heavy (non-hydrogen) atoms. The highest BCUT2D eigenvalue weighted by Crippen LogP contribution is 2.12. The van der Waals surface area contributed by atoms with Gasteiger partial charge in [0.2, 0.25) is 5.88 Å². The number of hydrogen-bond acceptors (Lipinski definition) is 2. The Kier molecular flexibility index (Phi) is 3.60. The molecule has 1 aromatic rings. The smallest absolute Gasteiger partial charge is 0.227 e. The van der Waals surface area contributed by atoms with Gasteiger partial charge in [0, 0.05) is 17.2 Å². The van der Waals surface area contributed by atoms with Crippen LogP contribution in [-0.2, 0) is 4.84 Å². The fourth-order valence-electron chi connectivity index (χ4n) is 1.05. The lowest BCUT2D eigenvalue weighted by Gasteiger charge is -2.18. The molecule has 0 bridgehead atoms. The van der Waals surface area contributed by atoms with Crippen LogP contribution in [0.5, 0.6) is 0 Å². The summed E-state index contributed by atoms with van der Waals surface area (Å²) in [6, 6.07) is 7.31. The maximum atomic E-state index is 5.74. The van der Waals surface area contributed by atoms with Gasteiger partial charge in [0.15, 0.2) is 6.20 Å². The zero-order valence-electron chi connectivity index (χ0n) is 7.11. The van der Waals surface area contributed by atoms with Crippen molar-refractivity contribution in [3.8, 4) is 0 Å². The van der Waals surface area contributed by atoms with E-state index in [1.807, 2.05) is 12.1 Å². The lowest BCUT2D eigenvalue weighted by atomic mass is 10.3. The molecule has 0 aromatic heterocycles. The molecule has 0 aliphatic carbocycles. The molecule has 0 saturated heterocycles. The third-order valence-corrected chi connectivity index (χ3v) is 1.92. The van der Waals surface area contributed by atoms with Crippen LogP contribution in [0.4, 0.5) is 5.69 Å². The van der Waals surface area contributed by atoms with Gasteiger partial charge in [-0.1, -0.05) is 11.6 Å². The summed E-state index contributed by atoms with van der Waals surface area (Å²) >= 11 is 5.74. The standard InChI is InChI=1S/C8H8ClN3O.ClH/c9-6-1-3-7(4-2-6)12-5-8(10)13-11-12;/h1-5,12H,10H2;1H. The molecule has 1 unspecified atom stereocenters. The van der Waals surface area contributed by atoms with Crippen molar-refractivity contribution in [1.29, 1.82) is 0 Å². The Morgan fingerprint density at radius 1 is 1.29 bits per heavy atom. The molecule has 0 spiro atoms. The first-order valence-electron chi connectivity index (χ1n) is 3.74. The highest BCUT2D eigenvalue weighted by atomic mass is 35.5. The van der Waals surface area contributed by atoms with E-state index in [-0.39, 0.29) is 12.4 Å². The van der Waals surface area contributed by atoms with Crippen molar-refractivity contribution in [3.63, 3.8) is 0 Å². The Balaban J connectivity index is 0.000000980. The van der Waals surface area contributed by atoms with Gasteiger partial charge in [-0.2, -0.15) is 0 Å². The summed E-state index contributed by atoms with van der Waals surface area (Å²) in [5, 5.41) is 1.41. The van der Waals surface area contributed by atoms with E-state index >= 15 is 0 Å². The number of nitrogens with zero attached hydrogens (tertiary/aromatic N) is 1. The predicted octanol–water partition coefficient (Wildman–Crippen LogP) is 1.27. The van der Waals surface area contributed by atoms with Crippen LogP contribution in [0.3, 0.4) is 0 Å². The molecule has 0 saturated carbocycles. The first-order valence-corrected chi connectivity index (χ1v) is 4.11. The highest BCUT2D eigenvalue weighted by Gasteiger charge is 2.09. The summed E-state index contributed by atoms with van der Waals surface area (Å²) in [5.41, 5.74) is 10.1. The maximum Gasteiger partial charge on any atom is 0.227 e. The molecule has 3 N–H and O–H groups in total. The molecule has 76 valence electrons. The van der Waals surface area contributed by atoms with E-state index in [1.165, 1.54) is 0 Å². The number of hydrogen-bond donors (Lipinski definition) is 2. The molecule has 2 rings (SSSR count). The van der Waals surface area contributed by atoms with Crippen molar-refractivity contribution in [2.75, 3.05) is 0 Å². The van der Waals surface area contributed by atoms with Gasteiger partial charge in [0.1, 0.15) is 5.69 Å². The van der Waals surface area contributed by atoms with Gasteiger partial charge in [-0.25, -0.2) is 0 Å². The molecule has 1 atom stereocenters. The second-order valence-electron chi connectivity index (χ2n) is 2.62. The first kappa shape index (κ1) is 11.1. The summed E-state index contributed by atoms with van der Waals surface area (Å²) in [4.78, 5) is 4.74. The van der Waals surface area contributed by atoms with Crippen LogP contribution in [-0.4, -0.2) is 0 Å². The van der Waals surface area contributed by atoms with Crippen LogP contribution >= 0.6 is 24.0 Å². The van der Waals surface area contributed by atoms with Crippen molar-refractivity contribution in [3.05, 3.63) is 47.0 Å². The molecule has 6 heteroatoms. The predicted molar refractivity (Wildman–Crippen MR) is 56.0 cm³/mol. The van der Waals surface area contributed by atoms with E-state index in [9.17, 15) is 0 Å². The lowest BCUT2D eigenvalue weighted by Crippen LogP contribution is -2.96. The normalized spacial score (nSPS) is 19.5. The van der Waals surface area contributed by atoms with Crippen LogP contribution in [0.15, 0.2) is 36.3 Å². The average molecular weight is 234 g/mol. The molecule has 1 heterocycles. The zero-order valence-corrected chi connectivity index (χ0v) is 8.68. The van der Waals surface area contributed by atoms with Crippen molar-refractivity contribution in [2.24, 2.45) is 5.73 Å². The summed E-state index contributed by atoms with van der Waals surface area (Å²) in [7, 11) is 0. The van der Waals surface area contributed by atoms with E-state index < -0.39 is 0 Å². The van der Waals surface area contributed by atoms with E-state index in [0.29, 0.717) is 15.9 Å². The van der Waals surface area contributed by atoms with E-state index in [4.69, 9.17) is 22.2 Å². The Morgan fingerprint density at radius 2 is 1.93 bits per heavy atom. The van der Waals surface area contributed by atoms with Crippen LogP contribution in [0.25, 0.3) is 5.59 Å². The summed E-state index contributed by atoms with van der Waals surface area (Å²) in [6.45, 7) is 0. The minimum Gasteiger partial charge on any atom is -0.522 e.